The lowest BCUT2D eigenvalue weighted by Gasteiger charge is -2.42. The number of oxazole rings is 1. The summed E-state index contributed by atoms with van der Waals surface area (Å²) in [6.07, 6.45) is 0. The van der Waals surface area contributed by atoms with Gasteiger partial charge < -0.3 is 14.2 Å². The Morgan fingerprint density at radius 2 is 2.04 bits per heavy atom. The minimum atomic E-state index is -0.524. The smallest absolute Gasteiger partial charge is 0.298 e. The Morgan fingerprint density at radius 3 is 2.64 bits per heavy atom. The Labute approximate surface area is 161 Å². The molecule has 28 heavy (non-hydrogen) atoms. The molecule has 0 N–H and O–H groups in total. The van der Waals surface area contributed by atoms with Crippen molar-refractivity contribution in [2.24, 2.45) is 0 Å². The quantitative estimate of drug-likeness (QED) is 0.698. The molecular weight excluding hydrogens is 359 g/mol. The molecule has 4 rings (SSSR count). The van der Waals surface area contributed by atoms with Crippen LogP contribution in [0.5, 0.6) is 0 Å². The number of nitriles is 1. The lowest BCUT2D eigenvalue weighted by molar-refractivity contribution is -0.133. The van der Waals surface area contributed by atoms with Gasteiger partial charge in [-0.2, -0.15) is 10.2 Å². The Bertz CT molecular complexity index is 1110. The van der Waals surface area contributed by atoms with Gasteiger partial charge in [0.1, 0.15) is 11.6 Å². The van der Waals surface area contributed by atoms with Gasteiger partial charge in [-0.25, -0.2) is 4.39 Å². The summed E-state index contributed by atoms with van der Waals surface area (Å²) in [5.74, 6) is -0.507. The van der Waals surface area contributed by atoms with E-state index in [0.717, 1.165) is 0 Å². The van der Waals surface area contributed by atoms with Crippen molar-refractivity contribution in [3.8, 4) is 17.2 Å². The molecule has 7 heteroatoms. The van der Waals surface area contributed by atoms with E-state index in [-0.39, 0.29) is 29.1 Å². The molecule has 1 amide bonds. The number of nitrogens with zero attached hydrogens (tertiary/aromatic N) is 4. The van der Waals surface area contributed by atoms with Crippen LogP contribution in [-0.4, -0.2) is 42.0 Å². The lowest BCUT2D eigenvalue weighted by atomic mass is 9.95. The van der Waals surface area contributed by atoms with Gasteiger partial charge in [0, 0.05) is 32.6 Å². The molecule has 1 aromatic heterocycles. The van der Waals surface area contributed by atoms with E-state index in [4.69, 9.17) is 4.42 Å². The molecule has 1 aliphatic rings. The number of hydrogen-bond donors (Lipinski definition) is 0. The molecule has 6 nitrogen and oxygen atoms in total. The molecule has 1 saturated heterocycles. The highest BCUT2D eigenvalue weighted by atomic mass is 19.1. The van der Waals surface area contributed by atoms with Crippen molar-refractivity contribution in [1.29, 1.82) is 5.26 Å². The first-order chi connectivity index (χ1) is 13.4. The molecule has 0 atom stereocenters. The largest absolute Gasteiger partial charge is 0.420 e. The molecule has 0 bridgehead atoms. The number of halogens is 1. The number of rotatable bonds is 3. The average Bonchev–Trinajstić information content (AvgIpc) is 3.07. The number of carbonyl (C=O) groups excluding carboxylic acids is 1. The van der Waals surface area contributed by atoms with E-state index in [2.05, 4.69) is 11.1 Å². The predicted octanol–water partition coefficient (Wildman–Crippen LogP) is 3.48. The molecule has 0 radical (unpaired) electrons. The minimum Gasteiger partial charge on any atom is -0.420 e. The van der Waals surface area contributed by atoms with Crippen LogP contribution >= 0.6 is 0 Å². The van der Waals surface area contributed by atoms with Crippen LogP contribution in [0.1, 0.15) is 18.1 Å². The Balaban J connectivity index is 1.80. The van der Waals surface area contributed by atoms with Crippen LogP contribution in [-0.2, 0) is 4.79 Å². The van der Waals surface area contributed by atoms with Gasteiger partial charge in [-0.3, -0.25) is 4.79 Å². The molecule has 0 aliphatic carbocycles. The van der Waals surface area contributed by atoms with E-state index in [0.29, 0.717) is 35.3 Å². The topological polar surface area (TPSA) is 73.4 Å². The van der Waals surface area contributed by atoms with Gasteiger partial charge in [-0.15, -0.1) is 0 Å². The zero-order valence-corrected chi connectivity index (χ0v) is 15.9. The number of likely N-dealkylation sites (tertiary alicyclic amines) is 1. The van der Waals surface area contributed by atoms with Crippen molar-refractivity contribution in [3.63, 3.8) is 0 Å². The number of anilines is 1. The van der Waals surface area contributed by atoms with Crippen LogP contribution in [0.3, 0.4) is 0 Å². The number of hydrogen-bond acceptors (Lipinski definition) is 5. The summed E-state index contributed by atoms with van der Waals surface area (Å²) in [6.45, 7) is 4.37. The van der Waals surface area contributed by atoms with Crippen molar-refractivity contribution in [2.75, 3.05) is 25.0 Å². The average molecular weight is 378 g/mol. The highest BCUT2D eigenvalue weighted by Gasteiger charge is 2.34. The van der Waals surface area contributed by atoms with Gasteiger partial charge in [0.15, 0.2) is 11.4 Å². The maximum atomic E-state index is 15.4. The minimum absolute atomic E-state index is 0.0168. The summed E-state index contributed by atoms with van der Waals surface area (Å²) >= 11 is 0. The highest BCUT2D eigenvalue weighted by Crippen LogP contribution is 2.37. The molecule has 2 aromatic carbocycles. The SMILES string of the molecule is CC(=O)N1CC(N(C)c2nc3c(C#N)c(C)c(-c4ccccc4)c(F)c3o2)C1. The Kier molecular flexibility index (Phi) is 4.27. The third-order valence-electron chi connectivity index (χ3n) is 5.35. The van der Waals surface area contributed by atoms with Crippen LogP contribution in [0.2, 0.25) is 0 Å². The fraction of sp³-hybridized carbons (Fsp3) is 0.286. The van der Waals surface area contributed by atoms with Crippen LogP contribution in [0.25, 0.3) is 22.2 Å². The fourth-order valence-electron chi connectivity index (χ4n) is 3.56. The Hall–Kier alpha value is -3.40. The summed E-state index contributed by atoms with van der Waals surface area (Å²) in [5.41, 5.74) is 2.07. The van der Waals surface area contributed by atoms with Gasteiger partial charge in [0.2, 0.25) is 5.91 Å². The molecule has 0 spiro atoms. The first-order valence-corrected chi connectivity index (χ1v) is 8.98. The van der Waals surface area contributed by atoms with E-state index in [1.54, 1.807) is 35.9 Å². The summed E-state index contributed by atoms with van der Waals surface area (Å²) in [5, 5.41) is 9.68. The van der Waals surface area contributed by atoms with Gasteiger partial charge in [0.05, 0.1) is 11.6 Å². The number of aromatic nitrogens is 1. The number of fused-ring (bicyclic) bond motifs is 1. The molecule has 1 fully saturated rings. The van der Waals surface area contributed by atoms with Crippen molar-refractivity contribution >= 4 is 23.0 Å². The number of amides is 1. The van der Waals surface area contributed by atoms with E-state index >= 15 is 4.39 Å². The first kappa shape index (κ1) is 18.0. The van der Waals surface area contributed by atoms with Gasteiger partial charge in [-0.05, 0) is 18.1 Å². The standard InChI is InChI=1S/C21H19FN4O2/c1-12-16(9-23)19-20(18(22)17(12)14-7-5-4-6-8-14)28-21(24-19)25(3)15-10-26(11-15)13(2)27/h4-8,15H,10-11H2,1-3H3. The van der Waals surface area contributed by atoms with E-state index in [1.165, 1.54) is 6.92 Å². The van der Waals surface area contributed by atoms with Crippen molar-refractivity contribution < 1.29 is 13.6 Å². The molecule has 1 aliphatic heterocycles. The summed E-state index contributed by atoms with van der Waals surface area (Å²) in [4.78, 5) is 19.3. The number of likely N-dealkylation sites (N-methyl/N-ethyl adjacent to an activating group) is 1. The maximum absolute atomic E-state index is 15.4. The third kappa shape index (κ3) is 2.69. The van der Waals surface area contributed by atoms with Crippen LogP contribution < -0.4 is 4.90 Å². The van der Waals surface area contributed by atoms with Gasteiger partial charge >= 0.3 is 0 Å². The second-order valence-corrected chi connectivity index (χ2v) is 7.03. The van der Waals surface area contributed by atoms with Crippen molar-refractivity contribution in [1.82, 2.24) is 9.88 Å². The maximum Gasteiger partial charge on any atom is 0.298 e. The van der Waals surface area contributed by atoms with Crippen LogP contribution in [0.15, 0.2) is 34.7 Å². The summed E-state index contributed by atoms with van der Waals surface area (Å²) < 4.78 is 21.1. The second kappa shape index (κ2) is 6.64. The first-order valence-electron chi connectivity index (χ1n) is 8.98. The number of benzene rings is 2. The molecular formula is C21H19FN4O2. The lowest BCUT2D eigenvalue weighted by Crippen LogP contribution is -2.60. The zero-order chi connectivity index (χ0) is 20.0. The normalized spacial score (nSPS) is 14.0. The highest BCUT2D eigenvalue weighted by molar-refractivity contribution is 5.90. The molecule has 0 unspecified atom stereocenters. The van der Waals surface area contributed by atoms with E-state index < -0.39 is 5.82 Å². The monoisotopic (exact) mass is 378 g/mol. The molecule has 3 aromatic rings. The molecule has 0 saturated carbocycles. The zero-order valence-electron chi connectivity index (χ0n) is 15.9. The van der Waals surface area contributed by atoms with Crippen LogP contribution in [0, 0.1) is 24.1 Å². The fourth-order valence-corrected chi connectivity index (χ4v) is 3.56. The summed E-state index contributed by atoms with van der Waals surface area (Å²) in [7, 11) is 1.79. The van der Waals surface area contributed by atoms with Gasteiger partial charge in [-0.1, -0.05) is 30.3 Å². The van der Waals surface area contributed by atoms with Crippen molar-refractivity contribution in [2.45, 2.75) is 19.9 Å². The summed E-state index contributed by atoms with van der Waals surface area (Å²) in [6, 6.07) is 11.5. The third-order valence-corrected chi connectivity index (χ3v) is 5.35. The van der Waals surface area contributed by atoms with Crippen LogP contribution in [0.4, 0.5) is 10.4 Å². The Morgan fingerprint density at radius 1 is 1.36 bits per heavy atom. The van der Waals surface area contributed by atoms with Crippen molar-refractivity contribution in [3.05, 3.63) is 47.3 Å². The predicted molar refractivity (Wildman–Crippen MR) is 103 cm³/mol. The number of carbonyl (C=O) groups is 1. The molecule has 2 heterocycles. The van der Waals surface area contributed by atoms with E-state index in [9.17, 15) is 10.1 Å². The van der Waals surface area contributed by atoms with Gasteiger partial charge in [0.25, 0.3) is 6.01 Å². The van der Waals surface area contributed by atoms with E-state index in [1.807, 2.05) is 18.2 Å². The second-order valence-electron chi connectivity index (χ2n) is 7.03. The molecule has 142 valence electrons.